The number of aromatic carboxylic acids is 1. The molecular formula is C22H21N3O3. The molecule has 3 aromatic rings. The van der Waals surface area contributed by atoms with Crippen LogP contribution < -0.4 is 10.1 Å². The highest BCUT2D eigenvalue weighted by molar-refractivity contribution is 5.95. The van der Waals surface area contributed by atoms with Crippen LogP contribution in [0.1, 0.15) is 23.2 Å². The molecule has 0 saturated carbocycles. The van der Waals surface area contributed by atoms with Gasteiger partial charge in [-0.15, -0.1) is 0 Å². The number of allylic oxidation sites excluding steroid dienone is 4. The number of anilines is 2. The average molecular weight is 375 g/mol. The Morgan fingerprint density at radius 1 is 1.29 bits per heavy atom. The molecule has 0 fully saturated rings. The molecule has 142 valence electrons. The van der Waals surface area contributed by atoms with Crippen molar-refractivity contribution in [3.8, 4) is 5.75 Å². The van der Waals surface area contributed by atoms with Gasteiger partial charge >= 0.3 is 5.97 Å². The summed E-state index contributed by atoms with van der Waals surface area (Å²) in [5.74, 6) is -0.374. The van der Waals surface area contributed by atoms with Crippen LogP contribution in [-0.4, -0.2) is 27.7 Å². The Kier molecular flexibility index (Phi) is 4.85. The number of methoxy groups -OCH3 is 1. The molecular weight excluding hydrogens is 354 g/mol. The van der Waals surface area contributed by atoms with E-state index < -0.39 is 5.97 Å². The van der Waals surface area contributed by atoms with Crippen molar-refractivity contribution in [2.75, 3.05) is 12.4 Å². The van der Waals surface area contributed by atoms with Gasteiger partial charge < -0.3 is 19.7 Å². The third kappa shape index (κ3) is 3.62. The first kappa shape index (κ1) is 17.9. The van der Waals surface area contributed by atoms with Crippen LogP contribution >= 0.6 is 0 Å². The minimum Gasteiger partial charge on any atom is -0.495 e. The highest BCUT2D eigenvalue weighted by Gasteiger charge is 2.14. The third-order valence-corrected chi connectivity index (χ3v) is 4.79. The fraction of sp³-hybridized carbons (Fsp3) is 0.182. The van der Waals surface area contributed by atoms with Crippen molar-refractivity contribution < 1.29 is 14.6 Å². The molecule has 0 atom stereocenters. The number of pyridine rings is 1. The van der Waals surface area contributed by atoms with Crippen molar-refractivity contribution in [1.82, 2.24) is 9.55 Å². The number of fused-ring (bicyclic) bond motifs is 1. The topological polar surface area (TPSA) is 76.4 Å². The lowest BCUT2D eigenvalue weighted by Crippen LogP contribution is -2.05. The zero-order valence-corrected chi connectivity index (χ0v) is 15.6. The van der Waals surface area contributed by atoms with Crippen LogP contribution in [0.5, 0.6) is 5.75 Å². The molecule has 0 radical (unpaired) electrons. The Balaban J connectivity index is 1.60. The SMILES string of the molecule is COc1cnc(Nc2ccc3c(ccn3CC3=CCCC=C3)c2)c(C(=O)O)c1. The second-order valence-electron chi connectivity index (χ2n) is 6.68. The van der Waals surface area contributed by atoms with Crippen LogP contribution in [0.2, 0.25) is 0 Å². The van der Waals surface area contributed by atoms with Gasteiger partial charge in [0.05, 0.1) is 13.3 Å². The van der Waals surface area contributed by atoms with E-state index in [1.807, 2.05) is 18.2 Å². The number of nitrogens with one attached hydrogen (secondary N) is 1. The van der Waals surface area contributed by atoms with Crippen molar-refractivity contribution >= 4 is 28.4 Å². The standard InChI is InChI=1S/C22H21N3O3/c1-28-18-12-19(22(26)27)21(23-13-18)24-17-7-8-20-16(11-17)9-10-25(20)14-15-5-3-2-4-6-15/h3,5-13H,2,4,14H2,1H3,(H,23,24)(H,26,27). The summed E-state index contributed by atoms with van der Waals surface area (Å²) >= 11 is 0. The molecule has 0 unspecified atom stereocenters. The van der Waals surface area contributed by atoms with Gasteiger partial charge in [0.1, 0.15) is 17.1 Å². The molecule has 2 N–H and O–H groups in total. The summed E-state index contributed by atoms with van der Waals surface area (Å²) in [6.45, 7) is 0.843. The van der Waals surface area contributed by atoms with Gasteiger partial charge in [0.25, 0.3) is 0 Å². The Bertz CT molecular complexity index is 1100. The second kappa shape index (κ2) is 7.60. The Morgan fingerprint density at radius 2 is 2.18 bits per heavy atom. The van der Waals surface area contributed by atoms with Crippen LogP contribution in [0.15, 0.2) is 66.5 Å². The zero-order chi connectivity index (χ0) is 19.5. The molecule has 2 aromatic heterocycles. The average Bonchev–Trinajstić information content (AvgIpc) is 3.11. The van der Waals surface area contributed by atoms with Crippen LogP contribution in [0.4, 0.5) is 11.5 Å². The van der Waals surface area contributed by atoms with Crippen molar-refractivity contribution in [2.24, 2.45) is 0 Å². The predicted molar refractivity (Wildman–Crippen MR) is 109 cm³/mol. The molecule has 28 heavy (non-hydrogen) atoms. The molecule has 4 rings (SSSR count). The lowest BCUT2D eigenvalue weighted by molar-refractivity contribution is 0.0697. The first-order valence-corrected chi connectivity index (χ1v) is 9.13. The van der Waals surface area contributed by atoms with E-state index >= 15 is 0 Å². The van der Waals surface area contributed by atoms with E-state index in [4.69, 9.17) is 4.74 Å². The summed E-state index contributed by atoms with van der Waals surface area (Å²) in [7, 11) is 1.48. The number of nitrogens with zero attached hydrogens (tertiary/aromatic N) is 2. The van der Waals surface area contributed by atoms with Crippen LogP contribution in [0, 0.1) is 0 Å². The van der Waals surface area contributed by atoms with Gasteiger partial charge in [0.2, 0.25) is 0 Å². The van der Waals surface area contributed by atoms with Gasteiger partial charge in [-0.25, -0.2) is 9.78 Å². The molecule has 0 spiro atoms. The molecule has 0 bridgehead atoms. The Hall–Kier alpha value is -3.54. The number of aromatic nitrogens is 2. The highest BCUT2D eigenvalue weighted by atomic mass is 16.5. The molecule has 0 saturated heterocycles. The fourth-order valence-corrected chi connectivity index (χ4v) is 3.35. The Morgan fingerprint density at radius 3 is 2.93 bits per heavy atom. The number of benzene rings is 1. The monoisotopic (exact) mass is 375 g/mol. The summed E-state index contributed by atoms with van der Waals surface area (Å²) in [5.41, 5.74) is 3.29. The highest BCUT2D eigenvalue weighted by Crippen LogP contribution is 2.26. The van der Waals surface area contributed by atoms with E-state index in [1.54, 1.807) is 0 Å². The summed E-state index contributed by atoms with van der Waals surface area (Å²) in [6, 6.07) is 9.48. The summed E-state index contributed by atoms with van der Waals surface area (Å²) in [5, 5.41) is 13.6. The largest absolute Gasteiger partial charge is 0.495 e. The van der Waals surface area contributed by atoms with E-state index in [-0.39, 0.29) is 11.4 Å². The molecule has 6 nitrogen and oxygen atoms in total. The maximum atomic E-state index is 11.5. The number of carbonyl (C=O) groups is 1. The van der Waals surface area contributed by atoms with E-state index in [0.717, 1.165) is 36.0 Å². The van der Waals surface area contributed by atoms with Crippen LogP contribution in [-0.2, 0) is 6.54 Å². The maximum absolute atomic E-state index is 11.5. The van der Waals surface area contributed by atoms with Crippen molar-refractivity contribution in [2.45, 2.75) is 19.4 Å². The van der Waals surface area contributed by atoms with Gasteiger partial charge in [-0.1, -0.05) is 18.2 Å². The molecule has 6 heteroatoms. The van der Waals surface area contributed by atoms with Crippen LogP contribution in [0.25, 0.3) is 10.9 Å². The van der Waals surface area contributed by atoms with E-state index in [9.17, 15) is 9.90 Å². The number of rotatable bonds is 6. The van der Waals surface area contributed by atoms with Gasteiger partial charge in [-0.3, -0.25) is 0 Å². The molecule has 0 amide bonds. The lowest BCUT2D eigenvalue weighted by Gasteiger charge is -2.12. The molecule has 1 aliphatic rings. The van der Waals surface area contributed by atoms with Crippen molar-refractivity contribution in [1.29, 1.82) is 0 Å². The van der Waals surface area contributed by atoms with E-state index in [2.05, 4.69) is 45.4 Å². The summed E-state index contributed by atoms with van der Waals surface area (Å²) < 4.78 is 7.28. The fourth-order valence-electron chi connectivity index (χ4n) is 3.35. The zero-order valence-electron chi connectivity index (χ0n) is 15.6. The smallest absolute Gasteiger partial charge is 0.339 e. The second-order valence-corrected chi connectivity index (χ2v) is 6.68. The van der Waals surface area contributed by atoms with E-state index in [0.29, 0.717) is 5.75 Å². The van der Waals surface area contributed by atoms with Gasteiger partial charge in [-0.05, 0) is 48.7 Å². The van der Waals surface area contributed by atoms with Gasteiger partial charge in [0.15, 0.2) is 0 Å². The number of hydrogen-bond donors (Lipinski definition) is 2. The summed E-state index contributed by atoms with van der Waals surface area (Å²) in [4.78, 5) is 15.7. The summed E-state index contributed by atoms with van der Waals surface area (Å²) in [6.07, 6.45) is 12.5. The first-order chi connectivity index (χ1) is 13.6. The number of hydrogen-bond acceptors (Lipinski definition) is 4. The van der Waals surface area contributed by atoms with Crippen molar-refractivity contribution in [3.63, 3.8) is 0 Å². The molecule has 2 heterocycles. The predicted octanol–water partition coefficient (Wildman–Crippen LogP) is 4.76. The first-order valence-electron chi connectivity index (χ1n) is 9.13. The van der Waals surface area contributed by atoms with E-state index in [1.165, 1.54) is 24.9 Å². The van der Waals surface area contributed by atoms with Crippen molar-refractivity contribution in [3.05, 3.63) is 72.1 Å². The minimum absolute atomic E-state index is 0.0630. The number of carboxylic acids is 1. The lowest BCUT2D eigenvalue weighted by atomic mass is 10.1. The maximum Gasteiger partial charge on any atom is 0.339 e. The minimum atomic E-state index is -1.06. The molecule has 1 aromatic carbocycles. The number of carboxylic acid groups (broad SMARTS) is 1. The van der Waals surface area contributed by atoms with Gasteiger partial charge in [-0.2, -0.15) is 0 Å². The quantitative estimate of drug-likeness (QED) is 0.649. The van der Waals surface area contributed by atoms with Crippen LogP contribution in [0.3, 0.4) is 0 Å². The Labute approximate surface area is 162 Å². The third-order valence-electron chi connectivity index (χ3n) is 4.79. The molecule has 1 aliphatic carbocycles. The van der Waals surface area contributed by atoms with Gasteiger partial charge in [0, 0.05) is 29.3 Å². The number of ether oxygens (including phenoxy) is 1. The normalized spacial score (nSPS) is 13.4. The molecule has 0 aliphatic heterocycles.